The molecule has 0 aliphatic rings. The number of rotatable bonds is 5. The van der Waals surface area contributed by atoms with E-state index in [0.717, 1.165) is 27.8 Å². The molecule has 1 aromatic heterocycles. The zero-order valence-electron chi connectivity index (χ0n) is 14.0. The lowest BCUT2D eigenvalue weighted by atomic mass is 10.1. The van der Waals surface area contributed by atoms with Crippen molar-refractivity contribution < 1.29 is 0 Å². The third kappa shape index (κ3) is 4.61. The van der Waals surface area contributed by atoms with Crippen LogP contribution < -0.4 is 10.6 Å². The van der Waals surface area contributed by atoms with Crippen molar-refractivity contribution in [3.05, 3.63) is 83.4 Å². The van der Waals surface area contributed by atoms with Gasteiger partial charge in [0.1, 0.15) is 0 Å². The minimum absolute atomic E-state index is 0.656. The second-order valence-corrected chi connectivity index (χ2v) is 5.94. The minimum Gasteiger partial charge on any atom is -0.352 e. The molecule has 0 spiro atoms. The van der Waals surface area contributed by atoms with Gasteiger partial charge in [0.25, 0.3) is 0 Å². The minimum atomic E-state index is 0.656. The Morgan fingerprint density at radius 3 is 2.72 bits per heavy atom. The van der Waals surface area contributed by atoms with Gasteiger partial charge in [0, 0.05) is 37.6 Å². The van der Waals surface area contributed by atoms with Crippen molar-refractivity contribution in [3.8, 4) is 5.69 Å². The highest BCUT2D eigenvalue weighted by Gasteiger charge is 2.05. The molecule has 128 valence electrons. The van der Waals surface area contributed by atoms with E-state index < -0.39 is 0 Å². The second kappa shape index (κ2) is 8.35. The second-order valence-electron chi connectivity index (χ2n) is 5.51. The molecule has 0 aliphatic carbocycles. The van der Waals surface area contributed by atoms with E-state index in [0.29, 0.717) is 13.1 Å². The van der Waals surface area contributed by atoms with Gasteiger partial charge >= 0.3 is 0 Å². The number of guanidine groups is 1. The van der Waals surface area contributed by atoms with Crippen LogP contribution in [0.5, 0.6) is 0 Å². The van der Waals surface area contributed by atoms with Crippen LogP contribution in [-0.2, 0) is 13.1 Å². The Kier molecular flexibility index (Phi) is 5.69. The predicted molar refractivity (Wildman–Crippen MR) is 102 cm³/mol. The van der Waals surface area contributed by atoms with Crippen molar-refractivity contribution in [2.75, 3.05) is 7.05 Å². The topological polar surface area (TPSA) is 54.2 Å². The van der Waals surface area contributed by atoms with Crippen LogP contribution in [0.15, 0.2) is 72.2 Å². The van der Waals surface area contributed by atoms with Gasteiger partial charge < -0.3 is 15.2 Å². The van der Waals surface area contributed by atoms with E-state index in [1.807, 2.05) is 47.2 Å². The predicted octanol–water partition coefficient (Wildman–Crippen LogP) is 3.39. The lowest BCUT2D eigenvalue weighted by Gasteiger charge is -2.14. The van der Waals surface area contributed by atoms with E-state index >= 15 is 0 Å². The number of imidazole rings is 1. The van der Waals surface area contributed by atoms with Gasteiger partial charge in [-0.15, -0.1) is 0 Å². The fourth-order valence-corrected chi connectivity index (χ4v) is 2.76. The number of aliphatic imine (C=N–C) groups is 1. The summed E-state index contributed by atoms with van der Waals surface area (Å²) < 4.78 is 2.00. The molecule has 0 bridgehead atoms. The van der Waals surface area contributed by atoms with Gasteiger partial charge in [-0.25, -0.2) is 4.98 Å². The van der Waals surface area contributed by atoms with Gasteiger partial charge in [-0.1, -0.05) is 41.9 Å². The van der Waals surface area contributed by atoms with Crippen molar-refractivity contribution >= 4 is 17.6 Å². The van der Waals surface area contributed by atoms with Gasteiger partial charge in [-0.3, -0.25) is 4.99 Å². The Labute approximate surface area is 152 Å². The van der Waals surface area contributed by atoms with E-state index in [2.05, 4.69) is 32.7 Å². The van der Waals surface area contributed by atoms with Crippen molar-refractivity contribution in [2.24, 2.45) is 4.99 Å². The Hall–Kier alpha value is -2.79. The van der Waals surface area contributed by atoms with Gasteiger partial charge in [0.2, 0.25) is 0 Å². The summed E-state index contributed by atoms with van der Waals surface area (Å²) in [4.78, 5) is 8.39. The third-order valence-electron chi connectivity index (χ3n) is 3.79. The van der Waals surface area contributed by atoms with E-state index in [4.69, 9.17) is 11.6 Å². The van der Waals surface area contributed by atoms with Crippen LogP contribution in [0.4, 0.5) is 0 Å². The monoisotopic (exact) mass is 353 g/mol. The van der Waals surface area contributed by atoms with Crippen LogP contribution in [0.2, 0.25) is 5.02 Å². The molecule has 2 N–H and O–H groups in total. The van der Waals surface area contributed by atoms with E-state index in [-0.39, 0.29) is 0 Å². The number of aromatic nitrogens is 2. The number of benzene rings is 2. The van der Waals surface area contributed by atoms with E-state index in [1.54, 1.807) is 19.6 Å². The molecule has 0 atom stereocenters. The highest BCUT2D eigenvalue weighted by atomic mass is 35.5. The molecule has 25 heavy (non-hydrogen) atoms. The summed E-state index contributed by atoms with van der Waals surface area (Å²) in [5.41, 5.74) is 3.36. The maximum atomic E-state index is 6.02. The standard InChI is InChI=1S/C19H20ClN5/c1-21-19(23-12-15-5-4-7-17(20)11-15)24-13-16-6-2-3-8-18(16)25-10-9-22-14-25/h2-11,14H,12-13H2,1H3,(H2,21,23,24). The zero-order valence-corrected chi connectivity index (χ0v) is 14.7. The van der Waals surface area contributed by atoms with E-state index in [1.165, 1.54) is 0 Å². The SMILES string of the molecule is CN=C(NCc1cccc(Cl)c1)NCc1ccccc1-n1ccnc1. The number of halogens is 1. The largest absolute Gasteiger partial charge is 0.352 e. The number of hydrogen-bond donors (Lipinski definition) is 2. The quantitative estimate of drug-likeness (QED) is 0.546. The molecular formula is C19H20ClN5. The highest BCUT2D eigenvalue weighted by molar-refractivity contribution is 6.30. The van der Waals surface area contributed by atoms with Crippen molar-refractivity contribution in [2.45, 2.75) is 13.1 Å². The van der Waals surface area contributed by atoms with Gasteiger partial charge in [-0.2, -0.15) is 0 Å². The van der Waals surface area contributed by atoms with Crippen LogP contribution in [0.25, 0.3) is 5.69 Å². The Balaban J connectivity index is 1.62. The highest BCUT2D eigenvalue weighted by Crippen LogP contribution is 2.14. The third-order valence-corrected chi connectivity index (χ3v) is 4.03. The molecule has 0 amide bonds. The van der Waals surface area contributed by atoms with Crippen LogP contribution >= 0.6 is 11.6 Å². The summed E-state index contributed by atoms with van der Waals surface area (Å²) in [5.74, 6) is 0.736. The van der Waals surface area contributed by atoms with Crippen molar-refractivity contribution in [1.82, 2.24) is 20.2 Å². The van der Waals surface area contributed by atoms with Crippen LogP contribution in [0, 0.1) is 0 Å². The van der Waals surface area contributed by atoms with E-state index in [9.17, 15) is 0 Å². The molecule has 3 rings (SSSR count). The molecule has 0 saturated carbocycles. The molecular weight excluding hydrogens is 334 g/mol. The number of para-hydroxylation sites is 1. The zero-order chi connectivity index (χ0) is 17.5. The average molecular weight is 354 g/mol. The maximum Gasteiger partial charge on any atom is 0.191 e. The van der Waals surface area contributed by atoms with Crippen LogP contribution in [0.3, 0.4) is 0 Å². The summed E-state index contributed by atoms with van der Waals surface area (Å²) in [6, 6.07) is 16.0. The Morgan fingerprint density at radius 2 is 1.96 bits per heavy atom. The number of hydrogen-bond acceptors (Lipinski definition) is 2. The van der Waals surface area contributed by atoms with Crippen LogP contribution in [-0.4, -0.2) is 22.6 Å². The first kappa shape index (κ1) is 17.0. The summed E-state index contributed by atoms with van der Waals surface area (Å²) in [6.45, 7) is 1.31. The summed E-state index contributed by atoms with van der Waals surface area (Å²) in [7, 11) is 1.76. The molecule has 3 aromatic rings. The molecule has 6 heteroatoms. The fourth-order valence-electron chi connectivity index (χ4n) is 2.55. The lowest BCUT2D eigenvalue weighted by molar-refractivity contribution is 0.804. The summed E-state index contributed by atoms with van der Waals surface area (Å²) in [5, 5.41) is 7.38. The molecule has 2 aromatic carbocycles. The Morgan fingerprint density at radius 1 is 1.12 bits per heavy atom. The molecule has 0 unspecified atom stereocenters. The molecule has 1 heterocycles. The maximum absolute atomic E-state index is 6.02. The van der Waals surface area contributed by atoms with Crippen LogP contribution in [0.1, 0.15) is 11.1 Å². The number of nitrogens with one attached hydrogen (secondary N) is 2. The number of nitrogens with zero attached hydrogens (tertiary/aromatic N) is 3. The molecule has 0 saturated heterocycles. The Bertz CT molecular complexity index is 843. The summed E-state index contributed by atoms with van der Waals surface area (Å²) >= 11 is 6.02. The van der Waals surface area contributed by atoms with Crippen molar-refractivity contribution in [1.29, 1.82) is 0 Å². The summed E-state index contributed by atoms with van der Waals surface area (Å²) in [6.07, 6.45) is 5.51. The van der Waals surface area contributed by atoms with Gasteiger partial charge in [0.15, 0.2) is 5.96 Å². The lowest BCUT2D eigenvalue weighted by Crippen LogP contribution is -2.36. The smallest absolute Gasteiger partial charge is 0.191 e. The molecule has 5 nitrogen and oxygen atoms in total. The first-order chi connectivity index (χ1) is 12.3. The first-order valence-electron chi connectivity index (χ1n) is 8.01. The van der Waals surface area contributed by atoms with Crippen molar-refractivity contribution in [3.63, 3.8) is 0 Å². The molecule has 0 fully saturated rings. The fraction of sp³-hybridized carbons (Fsp3) is 0.158. The molecule has 0 radical (unpaired) electrons. The average Bonchev–Trinajstić information content (AvgIpc) is 3.17. The normalized spacial score (nSPS) is 11.4. The van der Waals surface area contributed by atoms with Gasteiger partial charge in [-0.05, 0) is 29.3 Å². The first-order valence-corrected chi connectivity index (χ1v) is 8.39. The van der Waals surface area contributed by atoms with Gasteiger partial charge in [0.05, 0.1) is 12.0 Å². The molecule has 0 aliphatic heterocycles.